The van der Waals surface area contributed by atoms with Gasteiger partial charge in [0.25, 0.3) is 0 Å². The molecule has 0 fully saturated rings. The highest BCUT2D eigenvalue weighted by Gasteiger charge is 2.31. The number of hydrogen-bond donors (Lipinski definition) is 0. The van der Waals surface area contributed by atoms with Crippen LogP contribution in [0.2, 0.25) is 0 Å². The lowest BCUT2D eigenvalue weighted by molar-refractivity contribution is -0.129. The Labute approximate surface area is 99.8 Å². The summed E-state index contributed by atoms with van der Waals surface area (Å²) in [6.07, 6.45) is 2.98. The number of carbonyl (C=O) groups is 1. The molecule has 0 N–H and O–H groups in total. The fourth-order valence-electron chi connectivity index (χ4n) is 1.55. The molecule has 0 bridgehead atoms. The molecule has 1 aromatic carbocycles. The van der Waals surface area contributed by atoms with E-state index in [4.69, 9.17) is 14.2 Å². The second-order valence-corrected chi connectivity index (χ2v) is 4.13. The van der Waals surface area contributed by atoms with Crippen LogP contribution >= 0.6 is 0 Å². The van der Waals surface area contributed by atoms with Crippen molar-refractivity contribution in [2.45, 2.75) is 26.6 Å². The van der Waals surface area contributed by atoms with Crippen molar-refractivity contribution < 1.29 is 19.0 Å². The number of hydrogen-bond acceptors (Lipinski definition) is 4. The number of carbonyl (C=O) groups excluding carboxylic acids is 1. The number of esters is 1. The molecule has 4 nitrogen and oxygen atoms in total. The summed E-state index contributed by atoms with van der Waals surface area (Å²) >= 11 is 0. The van der Waals surface area contributed by atoms with Crippen LogP contribution in [0.25, 0.3) is 0 Å². The van der Waals surface area contributed by atoms with Crippen LogP contribution in [-0.2, 0) is 4.79 Å². The van der Waals surface area contributed by atoms with Crippen molar-refractivity contribution in [3.05, 3.63) is 30.4 Å². The third-order valence-electron chi connectivity index (χ3n) is 2.15. The summed E-state index contributed by atoms with van der Waals surface area (Å²) in [5.74, 6) is 0.592. The molecule has 1 aliphatic rings. The van der Waals surface area contributed by atoms with E-state index >= 15 is 0 Å². The van der Waals surface area contributed by atoms with Gasteiger partial charge < -0.3 is 14.2 Å². The van der Waals surface area contributed by atoms with Gasteiger partial charge in [0.1, 0.15) is 5.75 Å². The minimum Gasteiger partial charge on any atom is -0.449 e. The van der Waals surface area contributed by atoms with E-state index in [0.29, 0.717) is 17.2 Å². The Hall–Kier alpha value is -1.97. The van der Waals surface area contributed by atoms with Crippen LogP contribution in [0.3, 0.4) is 0 Å². The Balaban J connectivity index is 2.16. The summed E-state index contributed by atoms with van der Waals surface area (Å²) in [4.78, 5) is 11.3. The highest BCUT2D eigenvalue weighted by atomic mass is 16.7. The predicted octanol–water partition coefficient (Wildman–Crippen LogP) is 2.68. The molecule has 0 saturated carbocycles. The monoisotopic (exact) mass is 234 g/mol. The largest absolute Gasteiger partial charge is 0.449 e. The zero-order valence-electron chi connectivity index (χ0n) is 10.0. The van der Waals surface area contributed by atoms with Crippen LogP contribution in [0.1, 0.15) is 20.8 Å². The van der Waals surface area contributed by atoms with Gasteiger partial charge in [0.15, 0.2) is 11.5 Å². The van der Waals surface area contributed by atoms with Crippen molar-refractivity contribution in [2.75, 3.05) is 0 Å². The zero-order valence-corrected chi connectivity index (χ0v) is 10.0. The summed E-state index contributed by atoms with van der Waals surface area (Å²) in [6, 6.07) is 5.04. The van der Waals surface area contributed by atoms with Gasteiger partial charge in [-0.1, -0.05) is 6.08 Å². The number of rotatable bonds is 2. The zero-order chi connectivity index (χ0) is 12.5. The third kappa shape index (κ3) is 2.58. The molecule has 1 heterocycles. The van der Waals surface area contributed by atoms with Crippen molar-refractivity contribution in [3.8, 4) is 17.2 Å². The van der Waals surface area contributed by atoms with E-state index in [1.807, 2.05) is 13.8 Å². The van der Waals surface area contributed by atoms with Crippen molar-refractivity contribution in [1.82, 2.24) is 0 Å². The molecule has 0 radical (unpaired) electrons. The first-order chi connectivity index (χ1) is 8.00. The number of benzene rings is 1. The van der Waals surface area contributed by atoms with E-state index in [-0.39, 0.29) is 0 Å². The SMILES string of the molecule is CC=CC(=O)Oc1ccc2c(c1)OC(C)(C)O2. The maximum atomic E-state index is 11.3. The van der Waals surface area contributed by atoms with Gasteiger partial charge in [-0.05, 0) is 19.1 Å². The summed E-state index contributed by atoms with van der Waals surface area (Å²) in [5.41, 5.74) is 0. The number of allylic oxidation sites excluding steroid dienone is 1. The first-order valence-electron chi connectivity index (χ1n) is 5.37. The van der Waals surface area contributed by atoms with Gasteiger partial charge in [0.2, 0.25) is 5.79 Å². The Kier molecular flexibility index (Phi) is 2.79. The van der Waals surface area contributed by atoms with Crippen molar-refractivity contribution in [1.29, 1.82) is 0 Å². The molecular weight excluding hydrogens is 220 g/mol. The summed E-state index contributed by atoms with van der Waals surface area (Å²) in [6.45, 7) is 5.39. The molecule has 0 spiro atoms. The lowest BCUT2D eigenvalue weighted by Gasteiger charge is -2.16. The molecule has 1 aromatic rings. The first-order valence-corrected chi connectivity index (χ1v) is 5.37. The molecule has 0 amide bonds. The summed E-state index contributed by atoms with van der Waals surface area (Å²) in [7, 11) is 0. The molecule has 0 aliphatic carbocycles. The molecule has 4 heteroatoms. The smallest absolute Gasteiger partial charge is 0.335 e. The highest BCUT2D eigenvalue weighted by molar-refractivity contribution is 5.84. The molecule has 0 unspecified atom stereocenters. The number of ether oxygens (including phenoxy) is 3. The first kappa shape index (κ1) is 11.5. The second-order valence-electron chi connectivity index (χ2n) is 4.13. The lowest BCUT2D eigenvalue weighted by atomic mass is 10.3. The Bertz CT molecular complexity index is 474. The summed E-state index contributed by atoms with van der Waals surface area (Å²) in [5, 5.41) is 0. The van der Waals surface area contributed by atoms with E-state index in [0.717, 1.165) is 0 Å². The predicted molar refractivity (Wildman–Crippen MR) is 62.2 cm³/mol. The van der Waals surface area contributed by atoms with E-state index < -0.39 is 11.8 Å². The highest BCUT2D eigenvalue weighted by Crippen LogP contribution is 2.41. The molecule has 1 aliphatic heterocycles. The van der Waals surface area contributed by atoms with Gasteiger partial charge in [0, 0.05) is 26.0 Å². The maximum absolute atomic E-state index is 11.3. The standard InChI is InChI=1S/C13H14O4/c1-4-5-12(14)15-9-6-7-10-11(8-9)17-13(2,3)16-10/h4-8H,1-3H3. The van der Waals surface area contributed by atoms with Crippen molar-refractivity contribution >= 4 is 5.97 Å². The second kappa shape index (κ2) is 4.13. The maximum Gasteiger partial charge on any atom is 0.335 e. The fourth-order valence-corrected chi connectivity index (χ4v) is 1.55. The van der Waals surface area contributed by atoms with Gasteiger partial charge in [-0.3, -0.25) is 0 Å². The van der Waals surface area contributed by atoms with Crippen LogP contribution < -0.4 is 14.2 Å². The van der Waals surface area contributed by atoms with Gasteiger partial charge >= 0.3 is 5.97 Å². The van der Waals surface area contributed by atoms with Crippen LogP contribution in [0.5, 0.6) is 17.2 Å². The van der Waals surface area contributed by atoms with Gasteiger partial charge in [-0.2, -0.15) is 0 Å². The molecule has 0 atom stereocenters. The average Bonchev–Trinajstić information content (AvgIpc) is 2.51. The average molecular weight is 234 g/mol. The van der Waals surface area contributed by atoms with Crippen LogP contribution in [0.4, 0.5) is 0 Å². The molecule has 0 aromatic heterocycles. The molecule has 0 saturated heterocycles. The van der Waals surface area contributed by atoms with E-state index in [1.54, 1.807) is 31.2 Å². The molecule has 17 heavy (non-hydrogen) atoms. The lowest BCUT2D eigenvalue weighted by Crippen LogP contribution is -2.29. The molecular formula is C13H14O4. The van der Waals surface area contributed by atoms with Gasteiger partial charge in [-0.15, -0.1) is 0 Å². The van der Waals surface area contributed by atoms with Crippen LogP contribution in [0, 0.1) is 0 Å². The van der Waals surface area contributed by atoms with E-state index in [1.165, 1.54) is 6.08 Å². The van der Waals surface area contributed by atoms with E-state index in [2.05, 4.69) is 0 Å². The normalized spacial score (nSPS) is 16.2. The van der Waals surface area contributed by atoms with Crippen LogP contribution in [-0.4, -0.2) is 11.8 Å². The molecule has 90 valence electrons. The van der Waals surface area contributed by atoms with Crippen LogP contribution in [0.15, 0.2) is 30.4 Å². The Morgan fingerprint density at radius 1 is 1.29 bits per heavy atom. The third-order valence-corrected chi connectivity index (χ3v) is 2.15. The minimum atomic E-state index is -0.672. The van der Waals surface area contributed by atoms with Crippen molar-refractivity contribution in [2.24, 2.45) is 0 Å². The van der Waals surface area contributed by atoms with E-state index in [9.17, 15) is 4.79 Å². The Morgan fingerprint density at radius 2 is 2.00 bits per heavy atom. The topological polar surface area (TPSA) is 44.8 Å². The molecule has 2 rings (SSSR count). The quantitative estimate of drug-likeness (QED) is 0.448. The fraction of sp³-hybridized carbons (Fsp3) is 0.308. The van der Waals surface area contributed by atoms with Crippen molar-refractivity contribution in [3.63, 3.8) is 0 Å². The summed E-state index contributed by atoms with van der Waals surface area (Å²) < 4.78 is 16.2. The number of fused-ring (bicyclic) bond motifs is 1. The minimum absolute atomic E-state index is 0.411. The van der Waals surface area contributed by atoms with Gasteiger partial charge in [0.05, 0.1) is 0 Å². The van der Waals surface area contributed by atoms with Gasteiger partial charge in [-0.25, -0.2) is 4.79 Å². The Morgan fingerprint density at radius 3 is 2.71 bits per heavy atom.